The van der Waals surface area contributed by atoms with Crippen molar-refractivity contribution in [2.75, 3.05) is 14.2 Å². The van der Waals surface area contributed by atoms with Crippen LogP contribution in [0.1, 0.15) is 20.8 Å². The summed E-state index contributed by atoms with van der Waals surface area (Å²) >= 11 is 7.48. The maximum absolute atomic E-state index is 11.1. The Labute approximate surface area is 132 Å². The second-order valence-electron chi connectivity index (χ2n) is 4.72. The number of carbonyl (C=O) groups is 1. The average Bonchev–Trinajstić information content (AvgIpc) is 2.83. The van der Waals surface area contributed by atoms with Gasteiger partial charge in [-0.1, -0.05) is 17.7 Å². The molecule has 4 nitrogen and oxygen atoms in total. The van der Waals surface area contributed by atoms with Gasteiger partial charge in [0.05, 0.1) is 11.4 Å². The fraction of sp³-hybridized carbons (Fsp3) is 0.267. The van der Waals surface area contributed by atoms with E-state index in [1.807, 2.05) is 25.2 Å². The van der Waals surface area contributed by atoms with Gasteiger partial charge in [0.15, 0.2) is 0 Å². The molecule has 0 aliphatic carbocycles. The number of hydrogen-bond donors (Lipinski definition) is 1. The van der Waals surface area contributed by atoms with Crippen LogP contribution in [0, 0.1) is 0 Å². The van der Waals surface area contributed by atoms with E-state index in [1.54, 1.807) is 23.5 Å². The van der Waals surface area contributed by atoms with Gasteiger partial charge in [-0.15, -0.1) is 11.3 Å². The van der Waals surface area contributed by atoms with E-state index in [-0.39, 0.29) is 5.56 Å². The number of carboxylic acid groups (broad SMARTS) is 1. The molecule has 1 N–H and O–H groups in total. The summed E-state index contributed by atoms with van der Waals surface area (Å²) in [7, 11) is 3.48. The highest BCUT2D eigenvalue weighted by molar-refractivity contribution is 7.16. The van der Waals surface area contributed by atoms with Crippen molar-refractivity contribution in [3.05, 3.63) is 50.7 Å². The topological polar surface area (TPSA) is 49.8 Å². The third-order valence-electron chi connectivity index (χ3n) is 3.00. The zero-order valence-corrected chi connectivity index (χ0v) is 13.4. The van der Waals surface area contributed by atoms with Crippen LogP contribution in [0.3, 0.4) is 0 Å². The van der Waals surface area contributed by atoms with Crippen LogP contribution < -0.4 is 4.74 Å². The first-order valence-electron chi connectivity index (χ1n) is 6.32. The van der Waals surface area contributed by atoms with Crippen LogP contribution in [0.5, 0.6) is 5.75 Å². The van der Waals surface area contributed by atoms with Gasteiger partial charge < -0.3 is 9.84 Å². The molecule has 0 radical (unpaired) electrons. The molecular weight excluding hydrogens is 310 g/mol. The minimum atomic E-state index is -0.986. The molecule has 6 heteroatoms. The van der Waals surface area contributed by atoms with Gasteiger partial charge in [-0.25, -0.2) is 4.79 Å². The summed E-state index contributed by atoms with van der Waals surface area (Å²) in [5.74, 6) is -0.604. The number of hydrogen-bond acceptors (Lipinski definition) is 4. The smallest absolute Gasteiger partial charge is 0.339 e. The van der Waals surface area contributed by atoms with Crippen molar-refractivity contribution < 1.29 is 14.6 Å². The van der Waals surface area contributed by atoms with E-state index in [1.165, 1.54) is 12.0 Å². The number of rotatable bonds is 6. The summed E-state index contributed by atoms with van der Waals surface area (Å²) in [5, 5.41) is 9.07. The lowest BCUT2D eigenvalue weighted by Crippen LogP contribution is -2.16. The summed E-state index contributed by atoms with van der Waals surface area (Å²) in [5.41, 5.74) is 1.18. The molecule has 0 bridgehead atoms. The fourth-order valence-electron chi connectivity index (χ4n) is 2.08. The van der Waals surface area contributed by atoms with Crippen LogP contribution in [0.4, 0.5) is 0 Å². The number of aromatic carboxylic acids is 1. The van der Waals surface area contributed by atoms with Crippen LogP contribution in [0.2, 0.25) is 4.34 Å². The predicted octanol–water partition coefficient (Wildman–Crippen LogP) is 3.74. The van der Waals surface area contributed by atoms with E-state index in [2.05, 4.69) is 4.90 Å². The first-order valence-corrected chi connectivity index (χ1v) is 7.52. The van der Waals surface area contributed by atoms with Crippen LogP contribution in [-0.2, 0) is 13.1 Å². The van der Waals surface area contributed by atoms with E-state index in [0.29, 0.717) is 12.3 Å². The number of methoxy groups -OCH3 is 1. The van der Waals surface area contributed by atoms with Gasteiger partial charge in [0.2, 0.25) is 0 Å². The second kappa shape index (κ2) is 6.93. The van der Waals surface area contributed by atoms with E-state index in [4.69, 9.17) is 21.4 Å². The largest absolute Gasteiger partial charge is 0.496 e. The molecule has 0 amide bonds. The fourth-order valence-corrected chi connectivity index (χ4v) is 3.25. The van der Waals surface area contributed by atoms with Crippen LogP contribution in [0.25, 0.3) is 0 Å². The van der Waals surface area contributed by atoms with Crippen molar-refractivity contribution in [2.45, 2.75) is 13.1 Å². The zero-order chi connectivity index (χ0) is 15.4. The molecule has 112 valence electrons. The standard InChI is InChI=1S/C15H16ClNO3S/c1-17(9-11-4-6-14(16)21-11)8-10-3-5-12(15(18)19)13(7-10)20-2/h3-7H,8-9H2,1-2H3,(H,18,19). The molecule has 0 saturated heterocycles. The number of benzene rings is 1. The average molecular weight is 326 g/mol. The van der Waals surface area contributed by atoms with Crippen molar-refractivity contribution in [1.29, 1.82) is 0 Å². The Morgan fingerprint density at radius 1 is 1.33 bits per heavy atom. The van der Waals surface area contributed by atoms with Crippen molar-refractivity contribution >= 4 is 28.9 Å². The number of ether oxygens (including phenoxy) is 1. The molecule has 0 unspecified atom stereocenters. The van der Waals surface area contributed by atoms with Crippen molar-refractivity contribution in [3.8, 4) is 5.75 Å². The van der Waals surface area contributed by atoms with Crippen molar-refractivity contribution in [3.63, 3.8) is 0 Å². The second-order valence-corrected chi connectivity index (χ2v) is 6.52. The van der Waals surface area contributed by atoms with Gasteiger partial charge in [0.1, 0.15) is 11.3 Å². The molecule has 0 saturated carbocycles. The first kappa shape index (κ1) is 15.8. The normalized spacial score (nSPS) is 10.9. The molecule has 1 aromatic carbocycles. The quantitative estimate of drug-likeness (QED) is 0.879. The summed E-state index contributed by atoms with van der Waals surface area (Å²) in [4.78, 5) is 14.4. The Hall–Kier alpha value is -1.56. The van der Waals surface area contributed by atoms with E-state index in [9.17, 15) is 4.79 Å². The van der Waals surface area contributed by atoms with Crippen molar-refractivity contribution in [2.24, 2.45) is 0 Å². The SMILES string of the molecule is COc1cc(CN(C)Cc2ccc(Cl)s2)ccc1C(=O)O. The van der Waals surface area contributed by atoms with Gasteiger partial charge in [0, 0.05) is 18.0 Å². The minimum Gasteiger partial charge on any atom is -0.496 e. The molecule has 21 heavy (non-hydrogen) atoms. The van der Waals surface area contributed by atoms with Gasteiger partial charge in [0.25, 0.3) is 0 Å². The molecular formula is C15H16ClNO3S. The molecule has 0 aliphatic rings. The monoisotopic (exact) mass is 325 g/mol. The molecule has 0 aliphatic heterocycles. The highest BCUT2D eigenvalue weighted by atomic mass is 35.5. The maximum Gasteiger partial charge on any atom is 0.339 e. The van der Waals surface area contributed by atoms with Gasteiger partial charge in [-0.05, 0) is 36.9 Å². The summed E-state index contributed by atoms with van der Waals surface area (Å²) < 4.78 is 5.92. The van der Waals surface area contributed by atoms with Crippen LogP contribution in [-0.4, -0.2) is 30.1 Å². The minimum absolute atomic E-state index is 0.175. The van der Waals surface area contributed by atoms with Crippen LogP contribution in [0.15, 0.2) is 30.3 Å². The molecule has 0 fully saturated rings. The Kier molecular flexibility index (Phi) is 5.22. The van der Waals surface area contributed by atoms with Gasteiger partial charge >= 0.3 is 5.97 Å². The Balaban J connectivity index is 2.06. The summed E-state index contributed by atoms with van der Waals surface area (Å²) in [6, 6.07) is 9.05. The highest BCUT2D eigenvalue weighted by Gasteiger charge is 2.12. The lowest BCUT2D eigenvalue weighted by Gasteiger charge is -2.16. The van der Waals surface area contributed by atoms with E-state index >= 15 is 0 Å². The lowest BCUT2D eigenvalue weighted by molar-refractivity contribution is 0.0693. The lowest BCUT2D eigenvalue weighted by atomic mass is 10.1. The third-order valence-corrected chi connectivity index (χ3v) is 4.22. The zero-order valence-electron chi connectivity index (χ0n) is 11.8. The molecule has 1 heterocycles. The number of halogens is 1. The van der Waals surface area contributed by atoms with Crippen molar-refractivity contribution in [1.82, 2.24) is 4.90 Å². The molecule has 2 rings (SSSR count). The highest BCUT2D eigenvalue weighted by Crippen LogP contribution is 2.24. The Bertz CT molecular complexity index is 642. The van der Waals surface area contributed by atoms with Gasteiger partial charge in [-0.3, -0.25) is 4.90 Å². The first-order chi connectivity index (χ1) is 9.99. The maximum atomic E-state index is 11.1. The number of nitrogens with zero attached hydrogens (tertiary/aromatic N) is 1. The summed E-state index contributed by atoms with van der Waals surface area (Å²) in [6.07, 6.45) is 0. The number of carboxylic acids is 1. The predicted molar refractivity (Wildman–Crippen MR) is 84.5 cm³/mol. The molecule has 1 aromatic heterocycles. The Morgan fingerprint density at radius 2 is 2.10 bits per heavy atom. The van der Waals surface area contributed by atoms with Gasteiger partial charge in [-0.2, -0.15) is 0 Å². The van der Waals surface area contributed by atoms with E-state index in [0.717, 1.165) is 16.4 Å². The third kappa shape index (κ3) is 4.20. The Morgan fingerprint density at radius 3 is 2.67 bits per heavy atom. The molecule has 2 aromatic rings. The molecule has 0 spiro atoms. The number of thiophene rings is 1. The van der Waals surface area contributed by atoms with E-state index < -0.39 is 5.97 Å². The molecule has 0 atom stereocenters. The van der Waals surface area contributed by atoms with Crippen LogP contribution >= 0.6 is 22.9 Å². The summed E-state index contributed by atoms with van der Waals surface area (Å²) in [6.45, 7) is 1.49.